The number of hydrazone groups is 1. The summed E-state index contributed by atoms with van der Waals surface area (Å²) in [7, 11) is 1.47. The van der Waals surface area contributed by atoms with Gasteiger partial charge in [-0.2, -0.15) is 5.10 Å². The Morgan fingerprint density at radius 1 is 1.32 bits per heavy atom. The third-order valence-electron chi connectivity index (χ3n) is 3.93. The van der Waals surface area contributed by atoms with Gasteiger partial charge in [0.25, 0.3) is 0 Å². The van der Waals surface area contributed by atoms with Crippen LogP contribution < -0.4 is 4.90 Å². The molecule has 8 nitrogen and oxygen atoms in total. The number of nitrogens with zero attached hydrogens (tertiary/aromatic N) is 4. The molecule has 10 heteroatoms. The molecule has 1 aliphatic rings. The Morgan fingerprint density at radius 3 is 2.75 bits per heavy atom. The van der Waals surface area contributed by atoms with Gasteiger partial charge in [-0.15, -0.1) is 11.3 Å². The van der Waals surface area contributed by atoms with Crippen molar-refractivity contribution in [3.63, 3.8) is 0 Å². The van der Waals surface area contributed by atoms with E-state index in [0.29, 0.717) is 5.69 Å². The zero-order valence-corrected chi connectivity index (χ0v) is 16.0. The van der Waals surface area contributed by atoms with Crippen molar-refractivity contribution in [3.05, 3.63) is 41.2 Å². The van der Waals surface area contributed by atoms with Gasteiger partial charge in [-0.25, -0.2) is 19.2 Å². The molecule has 2 aromatic rings. The van der Waals surface area contributed by atoms with Crippen molar-refractivity contribution in [2.24, 2.45) is 5.10 Å². The molecule has 146 valence electrons. The summed E-state index contributed by atoms with van der Waals surface area (Å²) in [5.74, 6) is -1.74. The Hall–Kier alpha value is -3.14. The van der Waals surface area contributed by atoms with Crippen molar-refractivity contribution in [3.8, 4) is 0 Å². The average molecular weight is 404 g/mol. The van der Waals surface area contributed by atoms with Crippen LogP contribution in [-0.4, -0.2) is 40.5 Å². The minimum atomic E-state index is -0.633. The molecule has 0 fully saturated rings. The van der Waals surface area contributed by atoms with Gasteiger partial charge in [0.15, 0.2) is 5.13 Å². The molecule has 1 aromatic heterocycles. The van der Waals surface area contributed by atoms with Crippen LogP contribution in [-0.2, 0) is 25.7 Å². The second kappa shape index (κ2) is 8.26. The molecule has 0 saturated heterocycles. The maximum Gasteiger partial charge on any atom is 0.354 e. The van der Waals surface area contributed by atoms with E-state index < -0.39 is 17.7 Å². The van der Waals surface area contributed by atoms with E-state index in [0.717, 1.165) is 21.2 Å². The molecule has 0 radical (unpaired) electrons. The lowest BCUT2D eigenvalue weighted by molar-refractivity contribution is -0.137. The minimum absolute atomic E-state index is 0.0946. The Labute approximate surface area is 164 Å². The number of rotatable bonds is 5. The van der Waals surface area contributed by atoms with Crippen molar-refractivity contribution in [1.29, 1.82) is 0 Å². The van der Waals surface area contributed by atoms with Crippen LogP contribution >= 0.6 is 11.3 Å². The zero-order valence-electron chi connectivity index (χ0n) is 15.2. The summed E-state index contributed by atoms with van der Waals surface area (Å²) in [4.78, 5) is 41.0. The number of amides is 2. The standard InChI is InChI=1S/C18H17FN4O4S/c1-11(24)23(15-6-4-3-5-13(15)19)18-20-12(10-28-18)9-27-17(26)14-7-8-16(25)22(2)21-14/h3-6,10H,7-9H2,1-2H3. The number of halogens is 1. The molecule has 0 N–H and O–H groups in total. The number of carbonyl (C=O) groups is 3. The fourth-order valence-electron chi connectivity index (χ4n) is 2.55. The average Bonchev–Trinajstić information content (AvgIpc) is 3.12. The van der Waals surface area contributed by atoms with Crippen LogP contribution in [0.2, 0.25) is 0 Å². The van der Waals surface area contributed by atoms with E-state index >= 15 is 0 Å². The van der Waals surface area contributed by atoms with E-state index in [4.69, 9.17) is 4.74 Å². The topological polar surface area (TPSA) is 92.2 Å². The van der Waals surface area contributed by atoms with Gasteiger partial charge in [0.1, 0.15) is 18.1 Å². The molecular formula is C18H17FN4O4S. The predicted octanol–water partition coefficient (Wildman–Crippen LogP) is 2.62. The lowest BCUT2D eigenvalue weighted by Crippen LogP contribution is -2.32. The zero-order chi connectivity index (χ0) is 20.3. The SMILES string of the molecule is CC(=O)N(c1nc(COC(=O)C2=NN(C)C(=O)CC2)cs1)c1ccccc1F. The summed E-state index contributed by atoms with van der Waals surface area (Å²) in [6, 6.07) is 5.89. The first kappa shape index (κ1) is 19.6. The van der Waals surface area contributed by atoms with Gasteiger partial charge in [0, 0.05) is 32.2 Å². The fourth-order valence-corrected chi connectivity index (χ4v) is 3.41. The molecule has 0 saturated carbocycles. The number of aromatic nitrogens is 1. The molecule has 0 atom stereocenters. The highest BCUT2D eigenvalue weighted by Crippen LogP contribution is 2.30. The van der Waals surface area contributed by atoms with E-state index in [1.54, 1.807) is 11.4 Å². The van der Waals surface area contributed by atoms with Crippen molar-refractivity contribution in [2.45, 2.75) is 26.4 Å². The maximum atomic E-state index is 14.1. The van der Waals surface area contributed by atoms with E-state index in [9.17, 15) is 18.8 Å². The molecule has 0 spiro atoms. The summed E-state index contributed by atoms with van der Waals surface area (Å²) in [5.41, 5.74) is 0.670. The molecule has 0 bridgehead atoms. The molecule has 1 aromatic carbocycles. The number of esters is 1. The fraction of sp³-hybridized carbons (Fsp3) is 0.278. The first-order valence-corrected chi connectivity index (χ1v) is 9.25. The van der Waals surface area contributed by atoms with Gasteiger partial charge in [-0.3, -0.25) is 14.5 Å². The summed E-state index contributed by atoms with van der Waals surface area (Å²) in [5, 5.41) is 6.90. The molecular weight excluding hydrogens is 387 g/mol. The van der Waals surface area contributed by atoms with Crippen molar-refractivity contribution in [2.75, 3.05) is 11.9 Å². The Balaban J connectivity index is 1.70. The van der Waals surface area contributed by atoms with Crippen LogP contribution in [0.5, 0.6) is 0 Å². The Bertz CT molecular complexity index is 959. The molecule has 0 unspecified atom stereocenters. The van der Waals surface area contributed by atoms with Crippen LogP contribution in [0, 0.1) is 5.82 Å². The number of anilines is 2. The normalized spacial score (nSPS) is 13.9. The molecule has 2 heterocycles. The predicted molar refractivity (Wildman–Crippen MR) is 101 cm³/mol. The third-order valence-corrected chi connectivity index (χ3v) is 4.81. The minimum Gasteiger partial charge on any atom is -0.455 e. The van der Waals surface area contributed by atoms with Crippen LogP contribution in [0.25, 0.3) is 0 Å². The highest BCUT2D eigenvalue weighted by molar-refractivity contribution is 7.14. The van der Waals surface area contributed by atoms with Crippen molar-refractivity contribution >= 4 is 45.7 Å². The van der Waals surface area contributed by atoms with Gasteiger partial charge in [0.2, 0.25) is 11.8 Å². The molecule has 0 aliphatic carbocycles. The quantitative estimate of drug-likeness (QED) is 0.715. The number of benzene rings is 1. The third kappa shape index (κ3) is 4.22. The van der Waals surface area contributed by atoms with E-state index in [1.165, 1.54) is 32.2 Å². The van der Waals surface area contributed by atoms with Gasteiger partial charge >= 0.3 is 5.97 Å². The number of ether oxygens (including phenoxy) is 1. The first-order valence-electron chi connectivity index (χ1n) is 8.37. The monoisotopic (exact) mass is 404 g/mol. The molecule has 3 rings (SSSR count). The van der Waals surface area contributed by atoms with Gasteiger partial charge < -0.3 is 4.74 Å². The molecule has 1 aliphatic heterocycles. The summed E-state index contributed by atoms with van der Waals surface area (Å²) in [6.45, 7) is 1.18. The number of carbonyl (C=O) groups excluding carboxylic acids is 3. The smallest absolute Gasteiger partial charge is 0.354 e. The van der Waals surface area contributed by atoms with E-state index in [-0.39, 0.29) is 41.9 Å². The van der Waals surface area contributed by atoms with Crippen LogP contribution in [0.1, 0.15) is 25.5 Å². The van der Waals surface area contributed by atoms with Crippen LogP contribution in [0.3, 0.4) is 0 Å². The van der Waals surface area contributed by atoms with Gasteiger partial charge in [-0.05, 0) is 12.1 Å². The number of thiazole rings is 1. The van der Waals surface area contributed by atoms with Crippen LogP contribution in [0.15, 0.2) is 34.7 Å². The van der Waals surface area contributed by atoms with Gasteiger partial charge in [-0.1, -0.05) is 12.1 Å². The lowest BCUT2D eigenvalue weighted by Gasteiger charge is -2.18. The summed E-state index contributed by atoms with van der Waals surface area (Å²) < 4.78 is 19.3. The number of para-hydroxylation sites is 1. The summed E-state index contributed by atoms with van der Waals surface area (Å²) in [6.07, 6.45) is 0.414. The second-order valence-corrected chi connectivity index (χ2v) is 6.80. The first-order chi connectivity index (χ1) is 13.4. The molecule has 2 amide bonds. The highest BCUT2D eigenvalue weighted by atomic mass is 32.1. The van der Waals surface area contributed by atoms with Crippen molar-refractivity contribution in [1.82, 2.24) is 9.99 Å². The van der Waals surface area contributed by atoms with Crippen LogP contribution in [0.4, 0.5) is 15.2 Å². The van der Waals surface area contributed by atoms with E-state index in [2.05, 4.69) is 10.1 Å². The molecule has 28 heavy (non-hydrogen) atoms. The largest absolute Gasteiger partial charge is 0.455 e. The Morgan fingerprint density at radius 2 is 2.07 bits per heavy atom. The second-order valence-electron chi connectivity index (χ2n) is 5.97. The highest BCUT2D eigenvalue weighted by Gasteiger charge is 2.24. The lowest BCUT2D eigenvalue weighted by atomic mass is 10.2. The number of hydrogen-bond acceptors (Lipinski definition) is 7. The maximum absolute atomic E-state index is 14.1. The summed E-state index contributed by atoms with van der Waals surface area (Å²) >= 11 is 1.13. The van der Waals surface area contributed by atoms with Gasteiger partial charge in [0.05, 0.1) is 11.4 Å². The number of hydrogen-bond donors (Lipinski definition) is 0. The Kier molecular flexibility index (Phi) is 5.78. The van der Waals surface area contributed by atoms with Crippen molar-refractivity contribution < 1.29 is 23.5 Å². The van der Waals surface area contributed by atoms with E-state index in [1.807, 2.05) is 0 Å².